The number of hydrogen-bond acceptors (Lipinski definition) is 1. The standard InChI is InChI=1S/C10H11N/c1-3-5-9-7-4-6-8(2)10(9)11/h4,6-7H,11H2,1-2H3. The zero-order valence-corrected chi connectivity index (χ0v) is 6.81. The Bertz CT molecular complexity index is 315. The van der Waals surface area contributed by atoms with Gasteiger partial charge in [0.05, 0.1) is 5.69 Å². The highest BCUT2D eigenvalue weighted by atomic mass is 14.6. The van der Waals surface area contributed by atoms with Gasteiger partial charge in [0.1, 0.15) is 0 Å². The summed E-state index contributed by atoms with van der Waals surface area (Å²) in [6.07, 6.45) is 0. The zero-order valence-electron chi connectivity index (χ0n) is 6.81. The monoisotopic (exact) mass is 145 g/mol. The van der Waals surface area contributed by atoms with Crippen LogP contribution in [0.2, 0.25) is 0 Å². The SMILES string of the molecule is CC#Cc1cccc(C)c1N. The van der Waals surface area contributed by atoms with Gasteiger partial charge in [0.15, 0.2) is 0 Å². The summed E-state index contributed by atoms with van der Waals surface area (Å²) in [5.41, 5.74) is 8.57. The Labute approximate surface area is 67.2 Å². The summed E-state index contributed by atoms with van der Waals surface area (Å²) in [5, 5.41) is 0. The molecular weight excluding hydrogens is 134 g/mol. The molecule has 1 heteroatoms. The maximum Gasteiger partial charge on any atom is 0.0502 e. The first-order valence-electron chi connectivity index (χ1n) is 3.53. The van der Waals surface area contributed by atoms with Gasteiger partial charge in [-0.1, -0.05) is 18.1 Å². The highest BCUT2D eigenvalue weighted by molar-refractivity contribution is 5.60. The number of nitrogens with two attached hydrogens (primary N) is 1. The minimum Gasteiger partial charge on any atom is -0.398 e. The van der Waals surface area contributed by atoms with Crippen LogP contribution in [0.25, 0.3) is 0 Å². The van der Waals surface area contributed by atoms with Gasteiger partial charge >= 0.3 is 0 Å². The van der Waals surface area contributed by atoms with E-state index in [4.69, 9.17) is 5.73 Å². The van der Waals surface area contributed by atoms with E-state index in [0.717, 1.165) is 16.8 Å². The molecule has 0 bridgehead atoms. The van der Waals surface area contributed by atoms with Gasteiger partial charge < -0.3 is 5.73 Å². The Morgan fingerprint density at radius 2 is 2.09 bits per heavy atom. The summed E-state index contributed by atoms with van der Waals surface area (Å²) in [4.78, 5) is 0. The van der Waals surface area contributed by atoms with Gasteiger partial charge in [-0.15, -0.1) is 5.92 Å². The maximum absolute atomic E-state index is 5.77. The lowest BCUT2D eigenvalue weighted by Crippen LogP contribution is -1.92. The summed E-state index contributed by atoms with van der Waals surface area (Å²) in [6.45, 7) is 3.79. The summed E-state index contributed by atoms with van der Waals surface area (Å²) in [6, 6.07) is 5.88. The topological polar surface area (TPSA) is 26.0 Å². The van der Waals surface area contributed by atoms with Crippen LogP contribution in [-0.4, -0.2) is 0 Å². The molecule has 0 spiro atoms. The third-order valence-corrected chi connectivity index (χ3v) is 1.58. The van der Waals surface area contributed by atoms with Crippen LogP contribution in [0.3, 0.4) is 0 Å². The van der Waals surface area contributed by atoms with Crippen LogP contribution in [0, 0.1) is 18.8 Å². The van der Waals surface area contributed by atoms with Crippen molar-refractivity contribution in [3.8, 4) is 11.8 Å². The fraction of sp³-hybridized carbons (Fsp3) is 0.200. The molecule has 56 valence electrons. The van der Waals surface area contributed by atoms with Crippen molar-refractivity contribution in [1.82, 2.24) is 0 Å². The van der Waals surface area contributed by atoms with E-state index in [0.29, 0.717) is 0 Å². The van der Waals surface area contributed by atoms with Gasteiger partial charge in [0.2, 0.25) is 0 Å². The second-order valence-electron chi connectivity index (χ2n) is 2.41. The Hall–Kier alpha value is -1.42. The molecule has 0 aliphatic rings. The van der Waals surface area contributed by atoms with Gasteiger partial charge in [-0.25, -0.2) is 0 Å². The van der Waals surface area contributed by atoms with E-state index in [1.807, 2.05) is 32.0 Å². The fourth-order valence-electron chi connectivity index (χ4n) is 0.924. The minimum atomic E-state index is 0.793. The second kappa shape index (κ2) is 3.12. The molecule has 0 aliphatic carbocycles. The first-order valence-corrected chi connectivity index (χ1v) is 3.53. The van der Waals surface area contributed by atoms with E-state index in [1.54, 1.807) is 0 Å². The van der Waals surface area contributed by atoms with Crippen molar-refractivity contribution >= 4 is 5.69 Å². The number of anilines is 1. The molecular formula is C10H11N. The van der Waals surface area contributed by atoms with Gasteiger partial charge in [-0.2, -0.15) is 0 Å². The van der Waals surface area contributed by atoms with E-state index >= 15 is 0 Å². The van der Waals surface area contributed by atoms with Gasteiger partial charge in [-0.05, 0) is 25.5 Å². The highest BCUT2D eigenvalue weighted by Gasteiger charge is 1.95. The summed E-state index contributed by atoms with van der Waals surface area (Å²) >= 11 is 0. The number of rotatable bonds is 0. The third kappa shape index (κ3) is 1.53. The Kier molecular flexibility index (Phi) is 2.18. The van der Waals surface area contributed by atoms with E-state index < -0.39 is 0 Å². The molecule has 0 atom stereocenters. The van der Waals surface area contributed by atoms with Crippen LogP contribution >= 0.6 is 0 Å². The van der Waals surface area contributed by atoms with Crippen LogP contribution in [0.15, 0.2) is 18.2 Å². The molecule has 0 fully saturated rings. The van der Waals surface area contributed by atoms with Gasteiger partial charge in [0, 0.05) is 5.56 Å². The first kappa shape index (κ1) is 7.68. The molecule has 1 aromatic carbocycles. The number of para-hydroxylation sites is 1. The molecule has 0 aromatic heterocycles. The second-order valence-corrected chi connectivity index (χ2v) is 2.41. The zero-order chi connectivity index (χ0) is 8.27. The van der Waals surface area contributed by atoms with Gasteiger partial charge in [0.25, 0.3) is 0 Å². The lowest BCUT2D eigenvalue weighted by Gasteiger charge is -2.00. The van der Waals surface area contributed by atoms with E-state index in [9.17, 15) is 0 Å². The molecule has 0 heterocycles. The van der Waals surface area contributed by atoms with E-state index in [-0.39, 0.29) is 0 Å². The van der Waals surface area contributed by atoms with Crippen molar-refractivity contribution < 1.29 is 0 Å². The molecule has 2 N–H and O–H groups in total. The van der Waals surface area contributed by atoms with Crippen LogP contribution < -0.4 is 5.73 Å². The molecule has 0 saturated heterocycles. The minimum absolute atomic E-state index is 0.793. The molecule has 0 unspecified atom stereocenters. The van der Waals surface area contributed by atoms with Crippen molar-refractivity contribution in [3.05, 3.63) is 29.3 Å². The normalized spacial score (nSPS) is 8.55. The summed E-state index contributed by atoms with van der Waals surface area (Å²) in [5.74, 6) is 5.76. The average Bonchev–Trinajstić information content (AvgIpc) is 1.99. The average molecular weight is 145 g/mol. The lowest BCUT2D eigenvalue weighted by molar-refractivity contribution is 1.45. The third-order valence-electron chi connectivity index (χ3n) is 1.58. The molecule has 1 nitrogen and oxygen atoms in total. The van der Waals surface area contributed by atoms with Crippen molar-refractivity contribution in [1.29, 1.82) is 0 Å². The summed E-state index contributed by atoms with van der Waals surface area (Å²) in [7, 11) is 0. The van der Waals surface area contributed by atoms with E-state index in [1.165, 1.54) is 0 Å². The predicted octanol–water partition coefficient (Wildman–Crippen LogP) is 1.95. The van der Waals surface area contributed by atoms with Crippen molar-refractivity contribution in [3.63, 3.8) is 0 Å². The number of benzene rings is 1. The van der Waals surface area contributed by atoms with E-state index in [2.05, 4.69) is 11.8 Å². The van der Waals surface area contributed by atoms with Crippen LogP contribution in [0.5, 0.6) is 0 Å². The van der Waals surface area contributed by atoms with Crippen LogP contribution in [-0.2, 0) is 0 Å². The van der Waals surface area contributed by atoms with Crippen LogP contribution in [0.4, 0.5) is 5.69 Å². The number of nitrogen functional groups attached to an aromatic ring is 1. The number of aryl methyl sites for hydroxylation is 1. The molecule has 0 aliphatic heterocycles. The largest absolute Gasteiger partial charge is 0.398 e. The molecule has 0 amide bonds. The smallest absolute Gasteiger partial charge is 0.0502 e. The molecule has 0 radical (unpaired) electrons. The molecule has 1 aromatic rings. The highest BCUT2D eigenvalue weighted by Crippen LogP contribution is 2.14. The molecule has 11 heavy (non-hydrogen) atoms. The van der Waals surface area contributed by atoms with Crippen molar-refractivity contribution in [2.24, 2.45) is 0 Å². The first-order chi connectivity index (χ1) is 5.25. The van der Waals surface area contributed by atoms with Gasteiger partial charge in [-0.3, -0.25) is 0 Å². The Morgan fingerprint density at radius 1 is 1.36 bits per heavy atom. The quantitative estimate of drug-likeness (QED) is 0.438. The maximum atomic E-state index is 5.77. The van der Waals surface area contributed by atoms with Crippen LogP contribution in [0.1, 0.15) is 18.1 Å². The fourth-order valence-corrected chi connectivity index (χ4v) is 0.924. The van der Waals surface area contributed by atoms with Crippen molar-refractivity contribution in [2.75, 3.05) is 5.73 Å². The molecule has 0 saturated carbocycles. The lowest BCUT2D eigenvalue weighted by atomic mass is 10.1. The molecule has 1 rings (SSSR count). The van der Waals surface area contributed by atoms with Crippen molar-refractivity contribution in [2.45, 2.75) is 13.8 Å². The summed E-state index contributed by atoms with van der Waals surface area (Å²) < 4.78 is 0. The Morgan fingerprint density at radius 3 is 2.73 bits per heavy atom. The Balaban J connectivity index is 3.23. The predicted molar refractivity (Wildman–Crippen MR) is 48.1 cm³/mol. The number of hydrogen-bond donors (Lipinski definition) is 1.